The molecule has 8 nitrogen and oxygen atoms in total. The standard InChI is InChI=1S/C18H34N6O2S/c1-18(2,8-10-27(5,25)26)14-20-17(19-3)22-15-7-6-9-24(12-15)16-11-21-23(4)13-16/h11,13,15H,6-10,12,14H2,1-5H3,(H2,19,20,22). The minimum Gasteiger partial charge on any atom is -0.367 e. The zero-order chi connectivity index (χ0) is 20.1. The molecule has 0 spiro atoms. The number of hydrogen-bond acceptors (Lipinski definition) is 5. The Balaban J connectivity index is 1.85. The molecule has 27 heavy (non-hydrogen) atoms. The second-order valence-electron chi connectivity index (χ2n) is 8.27. The van der Waals surface area contributed by atoms with Gasteiger partial charge in [-0.2, -0.15) is 5.10 Å². The minimum absolute atomic E-state index is 0.130. The Morgan fingerprint density at radius 3 is 2.78 bits per heavy atom. The van der Waals surface area contributed by atoms with Gasteiger partial charge in [0.05, 0.1) is 17.6 Å². The maximum Gasteiger partial charge on any atom is 0.191 e. The van der Waals surface area contributed by atoms with Crippen LogP contribution in [0.1, 0.15) is 33.1 Å². The quantitative estimate of drug-likeness (QED) is 0.526. The first-order valence-corrected chi connectivity index (χ1v) is 11.5. The van der Waals surface area contributed by atoms with Crippen molar-refractivity contribution >= 4 is 21.5 Å². The van der Waals surface area contributed by atoms with Gasteiger partial charge in [-0.1, -0.05) is 13.8 Å². The number of aromatic nitrogens is 2. The van der Waals surface area contributed by atoms with E-state index in [4.69, 9.17) is 0 Å². The van der Waals surface area contributed by atoms with Crippen molar-refractivity contribution in [2.24, 2.45) is 17.5 Å². The van der Waals surface area contributed by atoms with Gasteiger partial charge in [0.15, 0.2) is 5.96 Å². The molecule has 1 aromatic heterocycles. The predicted molar refractivity (Wildman–Crippen MR) is 111 cm³/mol. The summed E-state index contributed by atoms with van der Waals surface area (Å²) in [6.07, 6.45) is 8.06. The van der Waals surface area contributed by atoms with Crippen LogP contribution in [0.4, 0.5) is 5.69 Å². The normalized spacial score (nSPS) is 19.2. The van der Waals surface area contributed by atoms with Crippen molar-refractivity contribution < 1.29 is 8.42 Å². The molecule has 0 saturated carbocycles. The Labute approximate surface area is 163 Å². The van der Waals surface area contributed by atoms with E-state index in [0.29, 0.717) is 19.0 Å². The first-order valence-electron chi connectivity index (χ1n) is 9.46. The van der Waals surface area contributed by atoms with E-state index in [0.717, 1.165) is 37.6 Å². The van der Waals surface area contributed by atoms with E-state index in [1.807, 2.05) is 24.1 Å². The van der Waals surface area contributed by atoms with Gasteiger partial charge < -0.3 is 15.5 Å². The molecule has 9 heteroatoms. The van der Waals surface area contributed by atoms with E-state index in [-0.39, 0.29) is 11.2 Å². The average Bonchev–Trinajstić information content (AvgIpc) is 3.03. The number of hydrogen-bond donors (Lipinski definition) is 2. The summed E-state index contributed by atoms with van der Waals surface area (Å²) in [7, 11) is 0.755. The Morgan fingerprint density at radius 2 is 2.19 bits per heavy atom. The molecule has 0 aliphatic carbocycles. The van der Waals surface area contributed by atoms with Crippen molar-refractivity contribution in [1.29, 1.82) is 0 Å². The van der Waals surface area contributed by atoms with Gasteiger partial charge >= 0.3 is 0 Å². The summed E-state index contributed by atoms with van der Waals surface area (Å²) < 4.78 is 24.7. The van der Waals surface area contributed by atoms with Crippen LogP contribution < -0.4 is 15.5 Å². The number of nitrogens with one attached hydrogen (secondary N) is 2. The molecular weight excluding hydrogens is 364 g/mol. The summed E-state index contributed by atoms with van der Waals surface area (Å²) in [5.74, 6) is 0.969. The van der Waals surface area contributed by atoms with Crippen LogP contribution in [0.15, 0.2) is 17.4 Å². The zero-order valence-electron chi connectivity index (χ0n) is 17.2. The van der Waals surface area contributed by atoms with E-state index in [2.05, 4.69) is 39.5 Å². The third-order valence-corrected chi connectivity index (χ3v) is 5.87. The summed E-state index contributed by atoms with van der Waals surface area (Å²) in [5.41, 5.74) is 1.02. The fourth-order valence-electron chi connectivity index (χ4n) is 3.16. The van der Waals surface area contributed by atoms with Crippen molar-refractivity contribution in [3.8, 4) is 0 Å². The second kappa shape index (κ2) is 8.95. The van der Waals surface area contributed by atoms with E-state index in [9.17, 15) is 8.42 Å². The summed E-state index contributed by atoms with van der Waals surface area (Å²) >= 11 is 0. The molecule has 0 amide bonds. The van der Waals surface area contributed by atoms with Crippen LogP contribution >= 0.6 is 0 Å². The topological polar surface area (TPSA) is 91.6 Å². The molecule has 2 N–H and O–H groups in total. The molecule has 1 aliphatic rings. The van der Waals surface area contributed by atoms with Gasteiger partial charge in [-0.3, -0.25) is 9.67 Å². The van der Waals surface area contributed by atoms with Crippen LogP contribution in [-0.2, 0) is 16.9 Å². The number of guanidine groups is 1. The molecule has 1 fully saturated rings. The fraction of sp³-hybridized carbons (Fsp3) is 0.778. The molecule has 154 valence electrons. The van der Waals surface area contributed by atoms with Gasteiger partial charge in [0.1, 0.15) is 9.84 Å². The Bertz CT molecular complexity index is 741. The first-order chi connectivity index (χ1) is 12.6. The maximum absolute atomic E-state index is 11.4. The highest BCUT2D eigenvalue weighted by molar-refractivity contribution is 7.90. The number of aliphatic imine (C=N–C) groups is 1. The maximum atomic E-state index is 11.4. The number of nitrogens with zero attached hydrogens (tertiary/aromatic N) is 4. The van der Waals surface area contributed by atoms with Crippen molar-refractivity contribution in [1.82, 2.24) is 20.4 Å². The first kappa shape index (κ1) is 21.5. The largest absolute Gasteiger partial charge is 0.367 e. The number of aryl methyl sites for hydroxylation is 1. The van der Waals surface area contributed by atoms with Crippen LogP contribution in [0.3, 0.4) is 0 Å². The van der Waals surface area contributed by atoms with Crippen molar-refractivity contribution in [2.75, 3.05) is 43.6 Å². The molecule has 2 heterocycles. The van der Waals surface area contributed by atoms with Crippen molar-refractivity contribution in [2.45, 2.75) is 39.2 Å². The predicted octanol–water partition coefficient (Wildman–Crippen LogP) is 1.01. The van der Waals surface area contributed by atoms with Gasteiger partial charge in [-0.25, -0.2) is 8.42 Å². The van der Waals surface area contributed by atoms with E-state index in [1.165, 1.54) is 6.26 Å². The Kier molecular flexibility index (Phi) is 7.13. The summed E-state index contributed by atoms with van der Waals surface area (Å²) in [6.45, 7) is 6.76. The lowest BCUT2D eigenvalue weighted by Crippen LogP contribution is -2.52. The van der Waals surface area contributed by atoms with Gasteiger partial charge in [0.25, 0.3) is 0 Å². The molecule has 0 radical (unpaired) electrons. The molecule has 0 bridgehead atoms. The van der Waals surface area contributed by atoms with Crippen molar-refractivity contribution in [3.63, 3.8) is 0 Å². The smallest absolute Gasteiger partial charge is 0.191 e. The number of anilines is 1. The summed E-state index contributed by atoms with van der Waals surface area (Å²) in [6, 6.07) is 0.310. The monoisotopic (exact) mass is 398 g/mol. The van der Waals surface area contributed by atoms with Crippen LogP contribution in [0, 0.1) is 5.41 Å². The lowest BCUT2D eigenvalue weighted by atomic mass is 9.90. The number of rotatable bonds is 7. The molecule has 2 rings (SSSR count). The third-order valence-electron chi connectivity index (χ3n) is 4.93. The average molecular weight is 399 g/mol. The fourth-order valence-corrected chi connectivity index (χ4v) is 4.09. The van der Waals surface area contributed by atoms with Crippen LogP contribution in [0.5, 0.6) is 0 Å². The highest BCUT2D eigenvalue weighted by atomic mass is 32.2. The zero-order valence-corrected chi connectivity index (χ0v) is 18.0. The van der Waals surface area contributed by atoms with Crippen LogP contribution in [-0.4, -0.2) is 68.9 Å². The molecule has 1 unspecified atom stereocenters. The number of piperidine rings is 1. The van der Waals surface area contributed by atoms with Gasteiger partial charge in [0.2, 0.25) is 0 Å². The highest BCUT2D eigenvalue weighted by Crippen LogP contribution is 2.20. The Hall–Kier alpha value is -1.77. The number of sulfone groups is 1. The third kappa shape index (κ3) is 7.40. The van der Waals surface area contributed by atoms with Crippen LogP contribution in [0.2, 0.25) is 0 Å². The van der Waals surface area contributed by atoms with E-state index in [1.54, 1.807) is 7.05 Å². The molecular formula is C18H34N6O2S. The highest BCUT2D eigenvalue weighted by Gasteiger charge is 2.24. The molecule has 1 atom stereocenters. The van der Waals surface area contributed by atoms with Crippen molar-refractivity contribution in [3.05, 3.63) is 12.4 Å². The second-order valence-corrected chi connectivity index (χ2v) is 10.5. The van der Waals surface area contributed by atoms with Gasteiger partial charge in [-0.05, 0) is 24.7 Å². The Morgan fingerprint density at radius 1 is 1.44 bits per heavy atom. The lowest BCUT2D eigenvalue weighted by Gasteiger charge is -2.35. The van der Waals surface area contributed by atoms with E-state index >= 15 is 0 Å². The molecule has 0 aromatic carbocycles. The SMILES string of the molecule is CN=C(NCC(C)(C)CCS(C)(=O)=O)NC1CCCN(c2cnn(C)c2)C1. The van der Waals surface area contributed by atoms with Gasteiger partial charge in [-0.15, -0.1) is 0 Å². The minimum atomic E-state index is -2.94. The summed E-state index contributed by atoms with van der Waals surface area (Å²) in [4.78, 5) is 6.68. The summed E-state index contributed by atoms with van der Waals surface area (Å²) in [5, 5.41) is 11.1. The van der Waals surface area contributed by atoms with Gasteiger partial charge in [0, 0.05) is 52.2 Å². The molecule has 1 saturated heterocycles. The lowest BCUT2D eigenvalue weighted by molar-refractivity contribution is 0.347. The van der Waals surface area contributed by atoms with Crippen LogP contribution in [0.25, 0.3) is 0 Å². The molecule has 1 aliphatic heterocycles. The molecule has 1 aromatic rings. The van der Waals surface area contributed by atoms with E-state index < -0.39 is 9.84 Å².